The number of nitrogens with one attached hydrogen (secondary N) is 1. The van der Waals surface area contributed by atoms with Crippen LogP contribution >= 0.6 is 0 Å². The summed E-state index contributed by atoms with van der Waals surface area (Å²) in [4.78, 5) is 0. The van der Waals surface area contributed by atoms with E-state index in [4.69, 9.17) is 4.42 Å². The van der Waals surface area contributed by atoms with Gasteiger partial charge in [-0.2, -0.15) is 0 Å². The Hall–Kier alpha value is -0.810. The maximum absolute atomic E-state index is 11.2. The monoisotopic (exact) mass is 231 g/mol. The van der Waals surface area contributed by atoms with E-state index in [2.05, 4.69) is 5.32 Å². The van der Waals surface area contributed by atoms with Crippen LogP contribution in [-0.4, -0.2) is 27.5 Å². The molecule has 0 aliphatic rings. The summed E-state index contributed by atoms with van der Waals surface area (Å²) in [5.74, 6) is 1.66. The molecular formula is C10H17NO3S. The van der Waals surface area contributed by atoms with E-state index in [0.29, 0.717) is 0 Å². The van der Waals surface area contributed by atoms with Gasteiger partial charge in [0.2, 0.25) is 0 Å². The van der Waals surface area contributed by atoms with Gasteiger partial charge in [-0.3, -0.25) is 0 Å². The minimum Gasteiger partial charge on any atom is -0.466 e. The molecule has 4 nitrogen and oxygen atoms in total. The van der Waals surface area contributed by atoms with E-state index in [-0.39, 0.29) is 11.8 Å². The molecule has 0 radical (unpaired) electrons. The fourth-order valence-corrected chi connectivity index (χ4v) is 2.58. The first-order chi connectivity index (χ1) is 6.83. The molecule has 0 saturated carbocycles. The van der Waals surface area contributed by atoms with Crippen molar-refractivity contribution in [3.05, 3.63) is 23.2 Å². The topological polar surface area (TPSA) is 59.3 Å². The number of hydrogen-bond acceptors (Lipinski definition) is 4. The van der Waals surface area contributed by atoms with Crippen LogP contribution in [-0.2, 0) is 9.84 Å². The van der Waals surface area contributed by atoms with Crippen molar-refractivity contribution >= 4 is 9.84 Å². The summed E-state index contributed by atoms with van der Waals surface area (Å²) in [6, 6.07) is 1.68. The molecule has 1 N–H and O–H groups in total. The first-order valence-corrected chi connectivity index (χ1v) is 6.81. The Kier molecular flexibility index (Phi) is 3.57. The molecule has 1 rings (SSSR count). The highest BCUT2D eigenvalue weighted by Crippen LogP contribution is 2.22. The van der Waals surface area contributed by atoms with Crippen LogP contribution in [0.1, 0.15) is 23.1 Å². The van der Waals surface area contributed by atoms with Crippen LogP contribution in [0.25, 0.3) is 0 Å². The van der Waals surface area contributed by atoms with Gasteiger partial charge < -0.3 is 9.73 Å². The lowest BCUT2D eigenvalue weighted by Gasteiger charge is -2.13. The van der Waals surface area contributed by atoms with E-state index in [1.165, 1.54) is 6.26 Å². The molecule has 0 aromatic carbocycles. The Morgan fingerprint density at radius 2 is 2.07 bits per heavy atom. The second-order valence-electron chi connectivity index (χ2n) is 3.80. The maximum Gasteiger partial charge on any atom is 0.149 e. The summed E-state index contributed by atoms with van der Waals surface area (Å²) in [5.41, 5.74) is 0.917. The maximum atomic E-state index is 11.2. The van der Waals surface area contributed by atoms with Gasteiger partial charge in [0.15, 0.2) is 0 Å². The van der Waals surface area contributed by atoms with E-state index in [9.17, 15) is 8.42 Å². The average molecular weight is 231 g/mol. The van der Waals surface area contributed by atoms with Crippen molar-refractivity contribution in [3.63, 3.8) is 0 Å². The summed E-state index contributed by atoms with van der Waals surface area (Å²) in [6.07, 6.45) is 1.24. The lowest BCUT2D eigenvalue weighted by molar-refractivity contribution is 0.494. The minimum atomic E-state index is -3.00. The summed E-state index contributed by atoms with van der Waals surface area (Å²) in [7, 11) is -1.25. The normalized spacial score (nSPS) is 14.1. The Bertz CT molecular complexity index is 434. The minimum absolute atomic E-state index is 0.0866. The van der Waals surface area contributed by atoms with E-state index < -0.39 is 9.84 Å². The molecule has 1 aromatic rings. The van der Waals surface area contributed by atoms with Crippen LogP contribution in [0, 0.1) is 13.8 Å². The zero-order valence-corrected chi connectivity index (χ0v) is 10.3. The van der Waals surface area contributed by atoms with Crippen molar-refractivity contribution in [1.82, 2.24) is 5.32 Å². The molecule has 0 spiro atoms. The average Bonchev–Trinajstić information content (AvgIpc) is 2.39. The molecule has 0 bridgehead atoms. The number of furan rings is 1. The standard InChI is InChI=1S/C10H17NO3S/c1-7-5-9(8(2)14-7)10(11-3)6-15(4,12)13/h5,10-11H,6H2,1-4H3. The zero-order chi connectivity index (χ0) is 11.6. The Morgan fingerprint density at radius 1 is 1.47 bits per heavy atom. The largest absolute Gasteiger partial charge is 0.466 e. The third kappa shape index (κ3) is 3.35. The van der Waals surface area contributed by atoms with Crippen molar-refractivity contribution in [3.8, 4) is 0 Å². The Balaban J connectivity index is 2.98. The third-order valence-electron chi connectivity index (χ3n) is 2.27. The molecular weight excluding hydrogens is 214 g/mol. The molecule has 0 aliphatic heterocycles. The molecule has 0 aliphatic carbocycles. The lowest BCUT2D eigenvalue weighted by atomic mass is 10.1. The number of aryl methyl sites for hydroxylation is 2. The van der Waals surface area contributed by atoms with Gasteiger partial charge in [-0.1, -0.05) is 0 Å². The summed E-state index contributed by atoms with van der Waals surface area (Å²) < 4.78 is 27.8. The van der Waals surface area contributed by atoms with Crippen LogP contribution in [0.15, 0.2) is 10.5 Å². The number of rotatable bonds is 4. The predicted molar refractivity (Wildman–Crippen MR) is 59.7 cm³/mol. The van der Waals surface area contributed by atoms with Gasteiger partial charge in [0.05, 0.1) is 5.75 Å². The third-order valence-corrected chi connectivity index (χ3v) is 3.21. The highest BCUT2D eigenvalue weighted by Gasteiger charge is 2.19. The van der Waals surface area contributed by atoms with Gasteiger partial charge in [0.25, 0.3) is 0 Å². The fourth-order valence-electron chi connectivity index (χ4n) is 1.63. The Labute approximate surface area is 90.6 Å². The van der Waals surface area contributed by atoms with Gasteiger partial charge in [-0.25, -0.2) is 8.42 Å². The molecule has 1 unspecified atom stereocenters. The first-order valence-electron chi connectivity index (χ1n) is 4.75. The van der Waals surface area contributed by atoms with Crippen LogP contribution in [0.3, 0.4) is 0 Å². The molecule has 1 atom stereocenters. The van der Waals surface area contributed by atoms with Crippen molar-refractivity contribution in [2.75, 3.05) is 19.1 Å². The Morgan fingerprint density at radius 3 is 2.40 bits per heavy atom. The molecule has 0 amide bonds. The molecule has 5 heteroatoms. The highest BCUT2D eigenvalue weighted by atomic mass is 32.2. The van der Waals surface area contributed by atoms with Crippen LogP contribution in [0.2, 0.25) is 0 Å². The number of sulfone groups is 1. The van der Waals surface area contributed by atoms with Crippen molar-refractivity contribution in [2.45, 2.75) is 19.9 Å². The summed E-state index contributed by atoms with van der Waals surface area (Å²) >= 11 is 0. The second-order valence-corrected chi connectivity index (χ2v) is 5.99. The fraction of sp³-hybridized carbons (Fsp3) is 0.600. The molecule has 0 fully saturated rings. The van der Waals surface area contributed by atoms with E-state index >= 15 is 0 Å². The second kappa shape index (κ2) is 4.37. The summed E-state index contributed by atoms with van der Waals surface area (Å²) in [6.45, 7) is 3.69. The molecule has 1 heterocycles. The first kappa shape index (κ1) is 12.3. The van der Waals surface area contributed by atoms with Crippen LogP contribution in [0.4, 0.5) is 0 Å². The smallest absolute Gasteiger partial charge is 0.149 e. The molecule has 15 heavy (non-hydrogen) atoms. The zero-order valence-electron chi connectivity index (χ0n) is 9.49. The van der Waals surface area contributed by atoms with Crippen LogP contribution in [0.5, 0.6) is 0 Å². The summed E-state index contributed by atoms with van der Waals surface area (Å²) in [5, 5.41) is 2.99. The van der Waals surface area contributed by atoms with Gasteiger partial charge in [0, 0.05) is 17.9 Å². The van der Waals surface area contributed by atoms with E-state index in [1.54, 1.807) is 7.05 Å². The predicted octanol–water partition coefficient (Wildman–Crippen LogP) is 1.20. The van der Waals surface area contributed by atoms with Crippen LogP contribution < -0.4 is 5.32 Å². The van der Waals surface area contributed by atoms with E-state index in [0.717, 1.165) is 17.1 Å². The number of hydrogen-bond donors (Lipinski definition) is 1. The highest BCUT2D eigenvalue weighted by molar-refractivity contribution is 7.90. The molecule has 0 saturated heterocycles. The SMILES string of the molecule is CNC(CS(C)(=O)=O)c1cc(C)oc1C. The van der Waals surface area contributed by atoms with E-state index in [1.807, 2.05) is 19.9 Å². The van der Waals surface area contributed by atoms with Gasteiger partial charge in [-0.05, 0) is 27.0 Å². The van der Waals surface area contributed by atoms with Crippen molar-refractivity contribution in [1.29, 1.82) is 0 Å². The quantitative estimate of drug-likeness (QED) is 0.846. The van der Waals surface area contributed by atoms with Crippen molar-refractivity contribution < 1.29 is 12.8 Å². The molecule has 1 aromatic heterocycles. The van der Waals surface area contributed by atoms with Gasteiger partial charge >= 0.3 is 0 Å². The van der Waals surface area contributed by atoms with Crippen molar-refractivity contribution in [2.24, 2.45) is 0 Å². The van der Waals surface area contributed by atoms with Gasteiger partial charge in [0.1, 0.15) is 21.4 Å². The van der Waals surface area contributed by atoms with Gasteiger partial charge in [-0.15, -0.1) is 0 Å². The lowest BCUT2D eigenvalue weighted by Crippen LogP contribution is -2.24. The molecule has 86 valence electrons.